The number of hydrogen-bond acceptors (Lipinski definition) is 7. The summed E-state index contributed by atoms with van der Waals surface area (Å²) in [5, 5.41) is 20.2. The molecule has 0 unspecified atom stereocenters. The van der Waals surface area contributed by atoms with Crippen LogP contribution < -0.4 is 4.74 Å². The Bertz CT molecular complexity index is 1350. The number of nitro groups is 1. The predicted molar refractivity (Wildman–Crippen MR) is 137 cm³/mol. The monoisotopic (exact) mass is 503 g/mol. The number of carbonyl (C=O) groups excluding carboxylic acids is 1. The third kappa shape index (κ3) is 6.16. The number of thioether (sulfide) groups is 1. The van der Waals surface area contributed by atoms with Crippen molar-refractivity contribution >= 4 is 46.3 Å². The van der Waals surface area contributed by atoms with E-state index in [0.29, 0.717) is 27.1 Å². The zero-order valence-corrected chi connectivity index (χ0v) is 20.0. The SMILES string of the molecule is CN1C(=O)C(=Cc2ccc(OCc3ccc([N+](=O)[O-])cc3)cc2)SC1=Nc1ccc(CC(=O)O)cc1. The summed E-state index contributed by atoms with van der Waals surface area (Å²) < 4.78 is 5.75. The van der Waals surface area contributed by atoms with Gasteiger partial charge in [-0.1, -0.05) is 24.3 Å². The number of hydrogen-bond donors (Lipinski definition) is 1. The molecule has 3 aromatic carbocycles. The number of carbonyl (C=O) groups is 2. The van der Waals surface area contributed by atoms with Crippen molar-refractivity contribution in [1.82, 2.24) is 4.90 Å². The number of amides is 1. The zero-order valence-electron chi connectivity index (χ0n) is 19.2. The Morgan fingerprint density at radius 3 is 2.31 bits per heavy atom. The minimum Gasteiger partial charge on any atom is -0.489 e. The van der Waals surface area contributed by atoms with Crippen molar-refractivity contribution in [2.45, 2.75) is 13.0 Å². The molecule has 0 bridgehead atoms. The van der Waals surface area contributed by atoms with Crippen LogP contribution in [0.1, 0.15) is 16.7 Å². The molecule has 1 aliphatic rings. The number of carboxylic acids is 1. The molecule has 0 aromatic heterocycles. The molecule has 9 nitrogen and oxygen atoms in total. The highest BCUT2D eigenvalue weighted by atomic mass is 32.2. The largest absolute Gasteiger partial charge is 0.489 e. The second kappa shape index (κ2) is 10.9. The maximum Gasteiger partial charge on any atom is 0.307 e. The third-order valence-electron chi connectivity index (χ3n) is 5.25. The van der Waals surface area contributed by atoms with Crippen molar-refractivity contribution in [2.24, 2.45) is 4.99 Å². The van der Waals surface area contributed by atoms with E-state index < -0.39 is 10.9 Å². The second-order valence-corrected chi connectivity index (χ2v) is 8.90. The standard InChI is InChI=1S/C26H21N3O6S/c1-28-25(32)23(36-26(28)27-20-8-2-18(3-9-20)15-24(30)31)14-17-6-12-22(13-7-17)35-16-19-4-10-21(11-5-19)29(33)34/h2-14H,15-16H2,1H3,(H,30,31). The number of ether oxygens (including phenoxy) is 1. The summed E-state index contributed by atoms with van der Waals surface area (Å²) in [6.07, 6.45) is 1.72. The van der Waals surface area contributed by atoms with Crippen LogP contribution in [-0.2, 0) is 22.6 Å². The van der Waals surface area contributed by atoms with Gasteiger partial charge < -0.3 is 9.84 Å². The van der Waals surface area contributed by atoms with Crippen LogP contribution in [0.25, 0.3) is 6.08 Å². The molecule has 0 saturated carbocycles. The van der Waals surface area contributed by atoms with Crippen molar-refractivity contribution in [2.75, 3.05) is 7.05 Å². The molecule has 3 aromatic rings. The van der Waals surface area contributed by atoms with Crippen LogP contribution in [0.4, 0.5) is 11.4 Å². The van der Waals surface area contributed by atoms with E-state index in [2.05, 4.69) is 4.99 Å². The van der Waals surface area contributed by atoms with Crippen LogP contribution in [-0.4, -0.2) is 39.0 Å². The summed E-state index contributed by atoms with van der Waals surface area (Å²) >= 11 is 1.26. The lowest BCUT2D eigenvalue weighted by atomic mass is 10.1. The Morgan fingerprint density at radius 2 is 1.69 bits per heavy atom. The molecule has 182 valence electrons. The number of non-ortho nitro benzene ring substituents is 1. The van der Waals surface area contributed by atoms with Crippen molar-refractivity contribution in [3.63, 3.8) is 0 Å². The number of nitro benzene ring substituents is 1. The Balaban J connectivity index is 1.39. The first-order valence-electron chi connectivity index (χ1n) is 10.8. The molecule has 0 radical (unpaired) electrons. The van der Waals surface area contributed by atoms with E-state index in [1.807, 2.05) is 12.1 Å². The van der Waals surface area contributed by atoms with Gasteiger partial charge in [0.1, 0.15) is 12.4 Å². The fraction of sp³-hybridized carbons (Fsp3) is 0.115. The smallest absolute Gasteiger partial charge is 0.307 e. The molecule has 10 heteroatoms. The summed E-state index contributed by atoms with van der Waals surface area (Å²) in [7, 11) is 1.66. The Hall–Kier alpha value is -4.44. The summed E-state index contributed by atoms with van der Waals surface area (Å²) in [5.74, 6) is -0.434. The van der Waals surface area contributed by atoms with Gasteiger partial charge in [-0.2, -0.15) is 0 Å². The topological polar surface area (TPSA) is 122 Å². The maximum absolute atomic E-state index is 12.7. The molecule has 4 rings (SSSR count). The van der Waals surface area contributed by atoms with Gasteiger partial charge in [-0.3, -0.25) is 24.6 Å². The molecular weight excluding hydrogens is 482 g/mol. The first-order chi connectivity index (χ1) is 17.3. The number of benzene rings is 3. The van der Waals surface area contributed by atoms with Crippen molar-refractivity contribution in [3.8, 4) is 5.75 Å². The van der Waals surface area contributed by atoms with Crippen molar-refractivity contribution in [1.29, 1.82) is 0 Å². The van der Waals surface area contributed by atoms with Gasteiger partial charge in [0.15, 0.2) is 5.17 Å². The lowest BCUT2D eigenvalue weighted by Crippen LogP contribution is -2.23. The molecule has 0 spiro atoms. The Kier molecular flexibility index (Phi) is 7.45. The molecule has 1 aliphatic heterocycles. The lowest BCUT2D eigenvalue weighted by Gasteiger charge is -2.07. The fourth-order valence-corrected chi connectivity index (χ4v) is 4.30. The number of carboxylic acid groups (broad SMARTS) is 1. The van der Waals surface area contributed by atoms with Crippen LogP contribution >= 0.6 is 11.8 Å². The van der Waals surface area contributed by atoms with E-state index in [4.69, 9.17) is 9.84 Å². The molecule has 1 saturated heterocycles. The van der Waals surface area contributed by atoms with Gasteiger partial charge in [-0.15, -0.1) is 0 Å². The summed E-state index contributed by atoms with van der Waals surface area (Å²) in [6.45, 7) is 0.272. The van der Waals surface area contributed by atoms with Crippen LogP contribution in [0.5, 0.6) is 5.75 Å². The Labute approximate surface area is 210 Å². The summed E-state index contributed by atoms with van der Waals surface area (Å²) in [4.78, 5) is 40.4. The minimum absolute atomic E-state index is 0.0305. The normalized spacial score (nSPS) is 15.5. The molecular formula is C26H21N3O6S. The predicted octanol–water partition coefficient (Wildman–Crippen LogP) is 5.03. The van der Waals surface area contributed by atoms with E-state index in [-0.39, 0.29) is 24.6 Å². The van der Waals surface area contributed by atoms with Gasteiger partial charge in [0.05, 0.1) is 21.9 Å². The quantitative estimate of drug-likeness (QED) is 0.260. The van der Waals surface area contributed by atoms with E-state index in [0.717, 1.165) is 11.1 Å². The van der Waals surface area contributed by atoms with E-state index in [1.165, 1.54) is 28.8 Å². The average molecular weight is 504 g/mol. The lowest BCUT2D eigenvalue weighted by molar-refractivity contribution is -0.384. The molecule has 0 atom stereocenters. The molecule has 36 heavy (non-hydrogen) atoms. The number of nitrogens with zero attached hydrogens (tertiary/aromatic N) is 3. The second-order valence-electron chi connectivity index (χ2n) is 7.89. The van der Waals surface area contributed by atoms with Gasteiger partial charge in [0.2, 0.25) is 0 Å². The molecule has 1 heterocycles. The van der Waals surface area contributed by atoms with E-state index in [9.17, 15) is 19.7 Å². The number of amidine groups is 1. The van der Waals surface area contributed by atoms with Crippen molar-refractivity contribution in [3.05, 3.63) is 105 Å². The molecule has 1 N–H and O–H groups in total. The van der Waals surface area contributed by atoms with E-state index in [1.54, 1.807) is 61.7 Å². The van der Waals surface area contributed by atoms with Crippen LogP contribution in [0.15, 0.2) is 82.7 Å². The van der Waals surface area contributed by atoms with E-state index >= 15 is 0 Å². The number of aliphatic imine (C=N–C) groups is 1. The molecule has 1 fully saturated rings. The summed E-state index contributed by atoms with van der Waals surface area (Å²) in [5.41, 5.74) is 2.97. The van der Waals surface area contributed by atoms with Gasteiger partial charge in [0, 0.05) is 19.2 Å². The average Bonchev–Trinajstić information content (AvgIpc) is 3.12. The van der Waals surface area contributed by atoms with Gasteiger partial charge >= 0.3 is 5.97 Å². The summed E-state index contributed by atoms with van der Waals surface area (Å²) in [6, 6.07) is 20.3. The molecule has 0 aliphatic carbocycles. The highest BCUT2D eigenvalue weighted by molar-refractivity contribution is 8.18. The van der Waals surface area contributed by atoms with Gasteiger partial charge in [-0.05, 0) is 70.9 Å². The maximum atomic E-state index is 12.7. The van der Waals surface area contributed by atoms with Crippen LogP contribution in [0, 0.1) is 10.1 Å². The number of aliphatic carboxylic acids is 1. The van der Waals surface area contributed by atoms with Gasteiger partial charge in [-0.25, -0.2) is 4.99 Å². The number of likely N-dealkylation sites (N-methyl/N-ethyl adjacent to an activating group) is 1. The number of rotatable bonds is 8. The zero-order chi connectivity index (χ0) is 25.7. The van der Waals surface area contributed by atoms with Crippen LogP contribution in [0.2, 0.25) is 0 Å². The highest BCUT2D eigenvalue weighted by Gasteiger charge is 2.30. The van der Waals surface area contributed by atoms with Crippen LogP contribution in [0.3, 0.4) is 0 Å². The highest BCUT2D eigenvalue weighted by Crippen LogP contribution is 2.33. The minimum atomic E-state index is -0.899. The molecule has 1 amide bonds. The first kappa shape index (κ1) is 24.7. The van der Waals surface area contributed by atoms with Crippen molar-refractivity contribution < 1.29 is 24.4 Å². The van der Waals surface area contributed by atoms with Gasteiger partial charge in [0.25, 0.3) is 11.6 Å². The third-order valence-corrected chi connectivity index (χ3v) is 6.31. The first-order valence-corrected chi connectivity index (χ1v) is 11.6. The Morgan fingerprint density at radius 1 is 1.06 bits per heavy atom. The fourth-order valence-electron chi connectivity index (χ4n) is 3.32.